The van der Waals surface area contributed by atoms with Crippen LogP contribution in [0.4, 0.5) is 0 Å². The van der Waals surface area contributed by atoms with E-state index in [-0.39, 0.29) is 12.0 Å². The number of nitrogens with two attached hydrogens (primary N) is 1. The summed E-state index contributed by atoms with van der Waals surface area (Å²) in [6.45, 7) is 1.60. The summed E-state index contributed by atoms with van der Waals surface area (Å²) in [4.78, 5) is 14.1. The summed E-state index contributed by atoms with van der Waals surface area (Å²) in [5.74, 6) is 0.749. The predicted octanol–water partition coefficient (Wildman–Crippen LogP) is 1.92. The monoisotopic (exact) mass is 268 g/mol. The minimum atomic E-state index is 0.247. The molecule has 0 radical (unpaired) electrons. The second kappa shape index (κ2) is 7.25. The molecule has 0 aromatic heterocycles. The van der Waals surface area contributed by atoms with Gasteiger partial charge in [-0.2, -0.15) is 0 Å². The zero-order valence-corrected chi connectivity index (χ0v) is 12.1. The van der Waals surface area contributed by atoms with Gasteiger partial charge in [-0.05, 0) is 44.4 Å². The molecule has 1 amide bonds. The van der Waals surface area contributed by atoms with E-state index in [1.807, 2.05) is 11.9 Å². The summed E-state index contributed by atoms with van der Waals surface area (Å²) in [6.07, 6.45) is 8.86. The average molecular weight is 268 g/mol. The van der Waals surface area contributed by atoms with Crippen molar-refractivity contribution in [2.45, 2.75) is 63.5 Å². The molecule has 1 aliphatic heterocycles. The first-order chi connectivity index (χ1) is 9.15. The molecule has 3 unspecified atom stereocenters. The van der Waals surface area contributed by atoms with Crippen LogP contribution in [0.5, 0.6) is 0 Å². The minimum Gasteiger partial charge on any atom is -0.376 e. The van der Waals surface area contributed by atoms with E-state index < -0.39 is 0 Å². The third-order valence-electron chi connectivity index (χ3n) is 4.46. The molecule has 3 atom stereocenters. The SMILES string of the molecule is CN(CC1CCCCO1)C(=O)CC1CCCC(N)C1. The van der Waals surface area contributed by atoms with Crippen LogP contribution in [0, 0.1) is 5.92 Å². The van der Waals surface area contributed by atoms with Gasteiger partial charge in [0.15, 0.2) is 0 Å². The second-order valence-electron chi connectivity index (χ2n) is 6.26. The number of hydrogen-bond acceptors (Lipinski definition) is 3. The molecule has 4 heteroatoms. The van der Waals surface area contributed by atoms with E-state index in [9.17, 15) is 4.79 Å². The lowest BCUT2D eigenvalue weighted by Gasteiger charge is -2.30. The zero-order chi connectivity index (χ0) is 13.7. The largest absolute Gasteiger partial charge is 0.376 e. The molecule has 110 valence electrons. The number of carbonyl (C=O) groups is 1. The smallest absolute Gasteiger partial charge is 0.222 e. The summed E-state index contributed by atoms with van der Waals surface area (Å²) in [6, 6.07) is 0.304. The molecular formula is C15H28N2O2. The highest BCUT2D eigenvalue weighted by Crippen LogP contribution is 2.26. The lowest BCUT2D eigenvalue weighted by Crippen LogP contribution is -2.38. The molecular weight excluding hydrogens is 240 g/mol. The van der Waals surface area contributed by atoms with Gasteiger partial charge in [0.1, 0.15) is 0 Å². The van der Waals surface area contributed by atoms with Crippen LogP contribution in [-0.2, 0) is 9.53 Å². The van der Waals surface area contributed by atoms with Crippen LogP contribution in [-0.4, -0.2) is 43.2 Å². The Hall–Kier alpha value is -0.610. The number of amides is 1. The fourth-order valence-electron chi connectivity index (χ4n) is 3.28. The van der Waals surface area contributed by atoms with Gasteiger partial charge in [-0.25, -0.2) is 0 Å². The Morgan fingerprint density at radius 1 is 1.26 bits per heavy atom. The molecule has 1 saturated heterocycles. The summed E-state index contributed by atoms with van der Waals surface area (Å²) < 4.78 is 5.69. The van der Waals surface area contributed by atoms with Crippen molar-refractivity contribution in [3.8, 4) is 0 Å². The summed E-state index contributed by atoms with van der Waals surface area (Å²) in [7, 11) is 1.91. The maximum Gasteiger partial charge on any atom is 0.222 e. The van der Waals surface area contributed by atoms with Crippen molar-refractivity contribution < 1.29 is 9.53 Å². The molecule has 0 aromatic carbocycles. The number of rotatable bonds is 4. The molecule has 4 nitrogen and oxygen atoms in total. The second-order valence-corrected chi connectivity index (χ2v) is 6.26. The first kappa shape index (κ1) is 14.8. The molecule has 19 heavy (non-hydrogen) atoms. The third-order valence-corrected chi connectivity index (χ3v) is 4.46. The Balaban J connectivity index is 1.72. The van der Waals surface area contributed by atoms with Gasteiger partial charge in [-0.1, -0.05) is 6.42 Å². The van der Waals surface area contributed by atoms with Crippen LogP contribution in [0.25, 0.3) is 0 Å². The van der Waals surface area contributed by atoms with Crippen molar-refractivity contribution in [3.63, 3.8) is 0 Å². The first-order valence-electron chi connectivity index (χ1n) is 7.76. The number of nitrogens with zero attached hydrogens (tertiary/aromatic N) is 1. The topological polar surface area (TPSA) is 55.6 Å². The van der Waals surface area contributed by atoms with E-state index in [0.717, 1.165) is 45.3 Å². The first-order valence-corrected chi connectivity index (χ1v) is 7.76. The average Bonchev–Trinajstić information content (AvgIpc) is 2.40. The van der Waals surface area contributed by atoms with Gasteiger partial charge in [0.25, 0.3) is 0 Å². The van der Waals surface area contributed by atoms with Crippen LogP contribution in [0.1, 0.15) is 51.4 Å². The van der Waals surface area contributed by atoms with E-state index >= 15 is 0 Å². The minimum absolute atomic E-state index is 0.247. The lowest BCUT2D eigenvalue weighted by molar-refractivity contribution is -0.133. The molecule has 1 aliphatic carbocycles. The molecule has 2 N–H and O–H groups in total. The lowest BCUT2D eigenvalue weighted by atomic mass is 9.84. The van der Waals surface area contributed by atoms with Gasteiger partial charge >= 0.3 is 0 Å². The van der Waals surface area contributed by atoms with Gasteiger partial charge in [0, 0.05) is 32.7 Å². The van der Waals surface area contributed by atoms with E-state index in [2.05, 4.69) is 0 Å². The van der Waals surface area contributed by atoms with Gasteiger partial charge in [-0.3, -0.25) is 4.79 Å². The number of likely N-dealkylation sites (N-methyl/N-ethyl adjacent to an activating group) is 1. The van der Waals surface area contributed by atoms with Crippen molar-refractivity contribution in [1.29, 1.82) is 0 Å². The molecule has 1 saturated carbocycles. The number of ether oxygens (including phenoxy) is 1. The van der Waals surface area contributed by atoms with E-state index in [1.165, 1.54) is 12.8 Å². The normalized spacial score (nSPS) is 32.0. The molecule has 2 aliphatic rings. The number of carbonyl (C=O) groups excluding carboxylic acids is 1. The van der Waals surface area contributed by atoms with Crippen molar-refractivity contribution >= 4 is 5.91 Å². The quantitative estimate of drug-likeness (QED) is 0.847. The Kier molecular flexibility index (Phi) is 5.64. The molecule has 1 heterocycles. The molecule has 0 bridgehead atoms. The van der Waals surface area contributed by atoms with Gasteiger partial charge < -0.3 is 15.4 Å². The van der Waals surface area contributed by atoms with Crippen LogP contribution in [0.15, 0.2) is 0 Å². The van der Waals surface area contributed by atoms with Crippen molar-refractivity contribution in [1.82, 2.24) is 4.90 Å². The summed E-state index contributed by atoms with van der Waals surface area (Å²) in [5.41, 5.74) is 5.98. The fourth-order valence-corrected chi connectivity index (χ4v) is 3.28. The standard InChI is InChI=1S/C15H28N2O2/c1-17(11-14-7-2-3-8-19-14)15(18)10-12-5-4-6-13(16)9-12/h12-14H,2-11,16H2,1H3. The van der Waals surface area contributed by atoms with Crippen molar-refractivity contribution in [2.75, 3.05) is 20.2 Å². The highest BCUT2D eigenvalue weighted by Gasteiger charge is 2.24. The van der Waals surface area contributed by atoms with E-state index in [4.69, 9.17) is 10.5 Å². The summed E-state index contributed by atoms with van der Waals surface area (Å²) >= 11 is 0. The number of hydrogen-bond donors (Lipinski definition) is 1. The Labute approximate surface area is 116 Å². The predicted molar refractivity (Wildman–Crippen MR) is 75.8 cm³/mol. The molecule has 0 aromatic rings. The van der Waals surface area contributed by atoms with E-state index in [1.54, 1.807) is 0 Å². The zero-order valence-electron chi connectivity index (χ0n) is 12.1. The Morgan fingerprint density at radius 3 is 2.79 bits per heavy atom. The fraction of sp³-hybridized carbons (Fsp3) is 0.933. The molecule has 2 rings (SSSR count). The van der Waals surface area contributed by atoms with Gasteiger partial charge in [-0.15, -0.1) is 0 Å². The molecule has 0 spiro atoms. The van der Waals surface area contributed by atoms with E-state index in [0.29, 0.717) is 18.4 Å². The Bertz CT molecular complexity index is 290. The highest BCUT2D eigenvalue weighted by molar-refractivity contribution is 5.76. The van der Waals surface area contributed by atoms with Crippen LogP contribution in [0.3, 0.4) is 0 Å². The highest BCUT2D eigenvalue weighted by atomic mass is 16.5. The molecule has 2 fully saturated rings. The third kappa shape index (κ3) is 4.77. The Morgan fingerprint density at radius 2 is 2.11 bits per heavy atom. The maximum atomic E-state index is 12.2. The summed E-state index contributed by atoms with van der Waals surface area (Å²) in [5, 5.41) is 0. The van der Waals surface area contributed by atoms with Crippen molar-refractivity contribution in [2.24, 2.45) is 11.7 Å². The van der Waals surface area contributed by atoms with Gasteiger partial charge in [0.2, 0.25) is 5.91 Å². The van der Waals surface area contributed by atoms with Gasteiger partial charge in [0.05, 0.1) is 6.10 Å². The van der Waals surface area contributed by atoms with Crippen molar-refractivity contribution in [3.05, 3.63) is 0 Å². The van der Waals surface area contributed by atoms with Crippen LogP contribution in [0.2, 0.25) is 0 Å². The maximum absolute atomic E-state index is 12.2. The van der Waals surface area contributed by atoms with Crippen LogP contribution < -0.4 is 5.73 Å². The van der Waals surface area contributed by atoms with Crippen LogP contribution >= 0.6 is 0 Å².